The van der Waals surface area contributed by atoms with Crippen molar-refractivity contribution in [3.8, 4) is 0 Å². The second kappa shape index (κ2) is 3.52. The molecule has 2 aromatic rings. The minimum Gasteiger partial charge on any atom is -0.459 e. The molecule has 0 radical (unpaired) electrons. The molecule has 1 heterocycles. The van der Waals surface area contributed by atoms with Crippen molar-refractivity contribution in [2.75, 3.05) is 0 Å². The molecule has 5 heteroatoms. The Hall–Kier alpha value is -1.49. The van der Waals surface area contributed by atoms with Gasteiger partial charge in [-0.1, -0.05) is 18.2 Å². The average molecular weight is 229 g/mol. The van der Waals surface area contributed by atoms with Gasteiger partial charge in [0.25, 0.3) is 0 Å². The Morgan fingerprint density at radius 3 is 2.44 bits per heavy atom. The number of fused-ring (bicyclic) bond motifs is 1. The summed E-state index contributed by atoms with van der Waals surface area (Å²) >= 11 is 0. The normalized spacial score (nSPS) is 14.3. The van der Waals surface area contributed by atoms with Gasteiger partial charge in [-0.2, -0.15) is 13.2 Å². The number of para-hydroxylation sites is 1. The lowest BCUT2D eigenvalue weighted by atomic mass is 10.1. The van der Waals surface area contributed by atoms with E-state index in [0.717, 1.165) is 0 Å². The Morgan fingerprint density at radius 2 is 1.88 bits per heavy atom. The fourth-order valence-electron chi connectivity index (χ4n) is 1.64. The van der Waals surface area contributed by atoms with Crippen molar-refractivity contribution in [3.63, 3.8) is 0 Å². The van der Waals surface area contributed by atoms with Gasteiger partial charge in [-0.05, 0) is 13.0 Å². The molecule has 86 valence electrons. The van der Waals surface area contributed by atoms with E-state index in [1.807, 2.05) is 0 Å². The first-order valence-electron chi connectivity index (χ1n) is 4.71. The van der Waals surface area contributed by atoms with Crippen LogP contribution in [-0.4, -0.2) is 6.18 Å². The Balaban J connectivity index is 2.58. The number of rotatable bonds is 1. The van der Waals surface area contributed by atoms with Crippen molar-refractivity contribution in [1.29, 1.82) is 0 Å². The molecule has 2 rings (SSSR count). The van der Waals surface area contributed by atoms with Crippen LogP contribution in [0.25, 0.3) is 11.0 Å². The number of alkyl halides is 3. The van der Waals surface area contributed by atoms with Crippen LogP contribution >= 0.6 is 0 Å². The summed E-state index contributed by atoms with van der Waals surface area (Å²) in [5.74, 6) is -0.214. The summed E-state index contributed by atoms with van der Waals surface area (Å²) in [6.07, 6.45) is -4.49. The van der Waals surface area contributed by atoms with Crippen molar-refractivity contribution in [2.45, 2.75) is 19.1 Å². The largest absolute Gasteiger partial charge is 0.459 e. The van der Waals surface area contributed by atoms with Crippen molar-refractivity contribution >= 4 is 11.0 Å². The minimum absolute atomic E-state index is 0.214. The van der Waals surface area contributed by atoms with Crippen molar-refractivity contribution < 1.29 is 17.6 Å². The van der Waals surface area contributed by atoms with Gasteiger partial charge < -0.3 is 10.2 Å². The monoisotopic (exact) mass is 229 g/mol. The van der Waals surface area contributed by atoms with Crippen LogP contribution in [0.3, 0.4) is 0 Å². The number of hydrogen-bond donors (Lipinski definition) is 1. The van der Waals surface area contributed by atoms with Crippen LogP contribution in [0.2, 0.25) is 0 Å². The maximum absolute atomic E-state index is 12.5. The molecule has 0 saturated carbocycles. The van der Waals surface area contributed by atoms with Gasteiger partial charge >= 0.3 is 6.18 Å². The molecular formula is C11H10F3NO. The molecular weight excluding hydrogens is 219 g/mol. The number of halogens is 3. The van der Waals surface area contributed by atoms with Crippen LogP contribution in [0.4, 0.5) is 13.2 Å². The van der Waals surface area contributed by atoms with Gasteiger partial charge in [0.15, 0.2) is 6.04 Å². The van der Waals surface area contributed by atoms with Gasteiger partial charge in [0, 0.05) is 10.9 Å². The molecule has 0 saturated heterocycles. The molecule has 0 bridgehead atoms. The third-order valence-corrected chi connectivity index (χ3v) is 2.52. The third-order valence-electron chi connectivity index (χ3n) is 2.52. The predicted molar refractivity (Wildman–Crippen MR) is 53.9 cm³/mol. The summed E-state index contributed by atoms with van der Waals surface area (Å²) in [7, 11) is 0. The number of nitrogens with two attached hydrogens (primary N) is 1. The summed E-state index contributed by atoms with van der Waals surface area (Å²) in [6, 6.07) is 4.71. The van der Waals surface area contributed by atoms with E-state index in [4.69, 9.17) is 10.2 Å². The van der Waals surface area contributed by atoms with Crippen molar-refractivity contribution in [1.82, 2.24) is 0 Å². The first kappa shape index (κ1) is 11.0. The molecule has 16 heavy (non-hydrogen) atoms. The maximum Gasteiger partial charge on any atom is 0.410 e. The summed E-state index contributed by atoms with van der Waals surface area (Å²) < 4.78 is 42.5. The van der Waals surface area contributed by atoms with E-state index in [9.17, 15) is 13.2 Å². The van der Waals surface area contributed by atoms with E-state index >= 15 is 0 Å². The molecule has 0 fully saturated rings. The molecule has 0 spiro atoms. The molecule has 1 unspecified atom stereocenters. The van der Waals surface area contributed by atoms with E-state index in [2.05, 4.69) is 0 Å². The van der Waals surface area contributed by atoms with E-state index < -0.39 is 12.2 Å². The standard InChI is InChI=1S/C11H10F3NO/c1-6-7-4-2-3-5-8(7)16-9(6)10(15)11(12,13)14/h2-5,10H,15H2,1H3. The second-order valence-corrected chi connectivity index (χ2v) is 3.61. The fourth-order valence-corrected chi connectivity index (χ4v) is 1.64. The summed E-state index contributed by atoms with van der Waals surface area (Å²) in [4.78, 5) is 0. The highest BCUT2D eigenvalue weighted by Crippen LogP contribution is 2.36. The smallest absolute Gasteiger partial charge is 0.410 e. The zero-order valence-corrected chi connectivity index (χ0v) is 8.51. The van der Waals surface area contributed by atoms with E-state index in [1.54, 1.807) is 31.2 Å². The predicted octanol–water partition coefficient (Wildman–Crippen LogP) is 3.30. The fraction of sp³-hybridized carbons (Fsp3) is 0.273. The highest BCUT2D eigenvalue weighted by atomic mass is 19.4. The number of aryl methyl sites for hydroxylation is 1. The molecule has 1 atom stereocenters. The molecule has 0 aliphatic carbocycles. The third kappa shape index (κ3) is 1.67. The average Bonchev–Trinajstić information content (AvgIpc) is 2.54. The van der Waals surface area contributed by atoms with Gasteiger partial charge in [-0.3, -0.25) is 0 Å². The van der Waals surface area contributed by atoms with Gasteiger partial charge in [-0.25, -0.2) is 0 Å². The quantitative estimate of drug-likeness (QED) is 0.814. The summed E-state index contributed by atoms with van der Waals surface area (Å²) in [6.45, 7) is 1.58. The van der Waals surface area contributed by atoms with E-state index in [0.29, 0.717) is 16.5 Å². The summed E-state index contributed by atoms with van der Waals surface area (Å²) in [5.41, 5.74) is 5.99. The second-order valence-electron chi connectivity index (χ2n) is 3.61. The van der Waals surface area contributed by atoms with Crippen LogP contribution in [0.5, 0.6) is 0 Å². The Labute approximate surface area is 89.8 Å². The Kier molecular flexibility index (Phi) is 2.42. The number of hydrogen-bond acceptors (Lipinski definition) is 2. The van der Waals surface area contributed by atoms with Gasteiger partial charge in [0.05, 0.1) is 0 Å². The highest BCUT2D eigenvalue weighted by Gasteiger charge is 2.41. The van der Waals surface area contributed by atoms with Crippen LogP contribution in [0.15, 0.2) is 28.7 Å². The lowest BCUT2D eigenvalue weighted by molar-refractivity contribution is -0.152. The van der Waals surface area contributed by atoms with Crippen molar-refractivity contribution in [3.05, 3.63) is 35.6 Å². The van der Waals surface area contributed by atoms with Gasteiger partial charge in [0.1, 0.15) is 11.3 Å². The van der Waals surface area contributed by atoms with E-state index in [1.165, 1.54) is 0 Å². The zero-order chi connectivity index (χ0) is 11.9. The molecule has 1 aromatic heterocycles. The first-order valence-corrected chi connectivity index (χ1v) is 4.71. The minimum atomic E-state index is -4.49. The molecule has 2 N–H and O–H groups in total. The van der Waals surface area contributed by atoms with Crippen LogP contribution in [-0.2, 0) is 0 Å². The SMILES string of the molecule is Cc1c(C(N)C(F)(F)F)oc2ccccc12. The number of benzene rings is 1. The van der Waals surface area contributed by atoms with Gasteiger partial charge in [-0.15, -0.1) is 0 Å². The maximum atomic E-state index is 12.5. The van der Waals surface area contributed by atoms with Crippen LogP contribution in [0, 0.1) is 6.92 Å². The van der Waals surface area contributed by atoms with Crippen LogP contribution < -0.4 is 5.73 Å². The molecule has 2 nitrogen and oxygen atoms in total. The molecule has 1 aromatic carbocycles. The van der Waals surface area contributed by atoms with Crippen LogP contribution in [0.1, 0.15) is 17.4 Å². The topological polar surface area (TPSA) is 39.2 Å². The lowest BCUT2D eigenvalue weighted by Crippen LogP contribution is -2.28. The lowest BCUT2D eigenvalue weighted by Gasteiger charge is -2.13. The van der Waals surface area contributed by atoms with Crippen molar-refractivity contribution in [2.24, 2.45) is 5.73 Å². The zero-order valence-electron chi connectivity index (χ0n) is 8.51. The van der Waals surface area contributed by atoms with Gasteiger partial charge in [0.2, 0.25) is 0 Å². The highest BCUT2D eigenvalue weighted by molar-refractivity contribution is 5.82. The Bertz CT molecular complexity index is 515. The number of furan rings is 1. The molecule has 0 amide bonds. The first-order chi connectivity index (χ1) is 7.41. The Morgan fingerprint density at radius 1 is 1.25 bits per heavy atom. The molecule has 0 aliphatic rings. The summed E-state index contributed by atoms with van der Waals surface area (Å²) in [5, 5.41) is 0.664. The van der Waals surface area contributed by atoms with E-state index in [-0.39, 0.29) is 5.76 Å². The molecule has 0 aliphatic heterocycles.